The lowest BCUT2D eigenvalue weighted by atomic mass is 9.96. The molecule has 14 rings (SSSR count). The maximum absolute atomic E-state index is 14.5. The highest BCUT2D eigenvalue weighted by atomic mass is 79.9. The maximum Gasteiger partial charge on any atom is 0.251 e. The van der Waals surface area contributed by atoms with Gasteiger partial charge in [-0.25, -0.2) is 38.4 Å². The molecule has 0 bridgehead atoms. The fraction of sp³-hybridized carbons (Fsp3) is 0.361. The summed E-state index contributed by atoms with van der Waals surface area (Å²) in [7, 11) is 0. The molecule has 2 unspecified atom stereocenters. The number of aldehydes is 1. The van der Waals surface area contributed by atoms with Crippen molar-refractivity contribution < 1.29 is 60.9 Å². The molecule has 5 saturated carbocycles. The molecule has 544 valence electrons. The quantitative estimate of drug-likeness (QED) is 0.0138. The summed E-state index contributed by atoms with van der Waals surface area (Å²) in [6.07, 6.45) is 12.5. The molecule has 5 fully saturated rings. The Morgan fingerprint density at radius 2 is 1.08 bits per heavy atom. The third-order valence-electron chi connectivity index (χ3n) is 15.4. The molecule has 2 aromatic heterocycles. The lowest BCUT2D eigenvalue weighted by Gasteiger charge is -2.18. The van der Waals surface area contributed by atoms with Crippen LogP contribution >= 0.6 is 91.3 Å². The number of carbonyl (C=O) groups excluding carboxylic acids is 2. The van der Waals surface area contributed by atoms with Crippen molar-refractivity contribution in [2.45, 2.75) is 133 Å². The summed E-state index contributed by atoms with van der Waals surface area (Å²) in [5.41, 5.74) is 16.6. The number of halogens is 11. The van der Waals surface area contributed by atoms with E-state index in [4.69, 9.17) is 46.7 Å². The summed E-state index contributed by atoms with van der Waals surface area (Å²) in [6.45, 7) is 8.16. The maximum atomic E-state index is 14.5. The summed E-state index contributed by atoms with van der Waals surface area (Å²) in [6, 6.07) is 35.6. The molecule has 5 aliphatic carbocycles. The van der Waals surface area contributed by atoms with E-state index in [0.717, 1.165) is 98.7 Å². The van der Waals surface area contributed by atoms with Gasteiger partial charge in [0.25, 0.3) is 5.91 Å². The zero-order chi connectivity index (χ0) is 73.1. The van der Waals surface area contributed by atoms with Crippen molar-refractivity contribution >= 4 is 137 Å². The van der Waals surface area contributed by atoms with Crippen LogP contribution in [0.15, 0.2) is 153 Å². The van der Waals surface area contributed by atoms with E-state index in [1.807, 2.05) is 61.2 Å². The Bertz CT molecular complexity index is 4110. The molecular formula is C72H81Br5ClF5N10O8. The lowest BCUT2D eigenvalue weighted by molar-refractivity contribution is 0.0950. The highest BCUT2D eigenvalue weighted by Crippen LogP contribution is 2.36. The van der Waals surface area contributed by atoms with Crippen molar-refractivity contribution in [2.75, 3.05) is 43.5 Å². The zero-order valence-electron chi connectivity index (χ0n) is 55.5. The molecule has 7 aromatic carbocycles. The number of hydroxylamine groups is 3. The molecular weight excluding hydrogens is 1660 g/mol. The fourth-order valence-electron chi connectivity index (χ4n) is 9.10. The zero-order valence-corrected chi connectivity index (χ0v) is 64.2. The molecule has 0 saturated heterocycles. The SMILES string of the molecule is Brc1ccc2c(NC3CC3)noc2c1.CCOCC.Cc1c(F)cc(C(=O)NC2CC2)cc1-c1ccc2c(NC3CC3)noc2c1.NC1CC1.O=Cc1ccc(Br)cc1F.ONCC(Cl)c1ccc(Br)cc1F.ONCC(NC1CC1)c1ccc(Br)cc1F.ONCCc1ccc(Br)cc1F. The van der Waals surface area contributed by atoms with Crippen molar-refractivity contribution in [2.24, 2.45) is 5.73 Å². The van der Waals surface area contributed by atoms with Crippen molar-refractivity contribution in [3.8, 4) is 11.1 Å². The van der Waals surface area contributed by atoms with Gasteiger partial charge in [0.1, 0.15) is 29.1 Å². The van der Waals surface area contributed by atoms with Crippen LogP contribution in [-0.2, 0) is 11.2 Å². The topological polar surface area (TPSA) is 266 Å². The van der Waals surface area contributed by atoms with Gasteiger partial charge in [-0.3, -0.25) is 9.59 Å². The molecule has 0 radical (unpaired) electrons. The molecule has 101 heavy (non-hydrogen) atoms. The number of alkyl halides is 1. The van der Waals surface area contributed by atoms with E-state index in [0.29, 0.717) is 97.9 Å². The number of fused-ring (bicyclic) bond motifs is 2. The van der Waals surface area contributed by atoms with Gasteiger partial charge in [0.2, 0.25) is 0 Å². The average molecular weight is 1740 g/mol. The highest BCUT2D eigenvalue weighted by Gasteiger charge is 2.29. The molecule has 0 spiro atoms. The van der Waals surface area contributed by atoms with E-state index >= 15 is 0 Å². The Balaban J connectivity index is 0.000000171. The summed E-state index contributed by atoms with van der Waals surface area (Å²) in [4.78, 5) is 22.4. The molecule has 29 heteroatoms. The minimum Gasteiger partial charge on any atom is -0.382 e. The summed E-state index contributed by atoms with van der Waals surface area (Å²) < 4.78 is 86.3. The van der Waals surface area contributed by atoms with Crippen LogP contribution in [0.4, 0.5) is 33.6 Å². The predicted octanol–water partition coefficient (Wildman–Crippen LogP) is 18.4. The molecule has 12 N–H and O–H groups in total. The van der Waals surface area contributed by atoms with Crippen molar-refractivity contribution in [3.63, 3.8) is 0 Å². The number of aromatic nitrogens is 2. The molecule has 0 aliphatic heterocycles. The molecule has 9 aromatic rings. The number of ether oxygens (including phenoxy) is 1. The second-order valence-electron chi connectivity index (χ2n) is 23.9. The Hall–Kier alpha value is -5.80. The van der Waals surface area contributed by atoms with Gasteiger partial charge in [0.05, 0.1) is 27.8 Å². The lowest BCUT2D eigenvalue weighted by Crippen LogP contribution is -2.32. The van der Waals surface area contributed by atoms with Gasteiger partial charge >= 0.3 is 0 Å². The van der Waals surface area contributed by atoms with Gasteiger partial charge in [-0.2, -0.15) is 0 Å². The van der Waals surface area contributed by atoms with Crippen LogP contribution < -0.4 is 43.4 Å². The van der Waals surface area contributed by atoms with E-state index in [9.17, 15) is 31.5 Å². The van der Waals surface area contributed by atoms with E-state index in [1.54, 1.807) is 55.5 Å². The van der Waals surface area contributed by atoms with E-state index in [-0.39, 0.29) is 53.4 Å². The Kier molecular flexibility index (Phi) is 34.5. The highest BCUT2D eigenvalue weighted by molar-refractivity contribution is 9.11. The second kappa shape index (κ2) is 42.2. The van der Waals surface area contributed by atoms with Gasteiger partial charge in [-0.1, -0.05) is 114 Å². The monoisotopic (exact) mass is 1740 g/mol. The number of nitrogens with two attached hydrogens (primary N) is 1. The number of amides is 1. The number of nitrogens with zero attached hydrogens (tertiary/aromatic N) is 2. The molecule has 2 heterocycles. The second-order valence-corrected chi connectivity index (χ2v) is 29.0. The van der Waals surface area contributed by atoms with Crippen LogP contribution in [0.25, 0.3) is 33.1 Å². The number of hydrogen-bond donors (Lipinski definition) is 11. The van der Waals surface area contributed by atoms with Crippen molar-refractivity contribution in [1.82, 2.24) is 37.4 Å². The van der Waals surface area contributed by atoms with Crippen molar-refractivity contribution in [1.29, 1.82) is 0 Å². The number of nitrogens with one attached hydrogen (secondary N) is 7. The first-order valence-electron chi connectivity index (χ1n) is 32.7. The summed E-state index contributed by atoms with van der Waals surface area (Å²) >= 11 is 21.8. The Labute approximate surface area is 630 Å². The van der Waals surface area contributed by atoms with Gasteiger partial charge in [-0.15, -0.1) is 11.6 Å². The van der Waals surface area contributed by atoms with Crippen LogP contribution in [0.5, 0.6) is 0 Å². The van der Waals surface area contributed by atoms with Crippen LogP contribution in [0.2, 0.25) is 0 Å². The number of carbonyl (C=O) groups is 2. The molecule has 18 nitrogen and oxygen atoms in total. The Morgan fingerprint density at radius 1 is 0.594 bits per heavy atom. The van der Waals surface area contributed by atoms with Crippen LogP contribution in [-0.4, -0.2) is 101 Å². The number of hydrogen-bond acceptors (Lipinski definition) is 17. The normalized spacial score (nSPS) is 14.7. The first-order valence-corrected chi connectivity index (χ1v) is 37.1. The van der Waals surface area contributed by atoms with Gasteiger partial charge < -0.3 is 56.4 Å². The van der Waals surface area contributed by atoms with E-state index in [2.05, 4.69) is 117 Å². The molecule has 2 atom stereocenters. The van der Waals surface area contributed by atoms with Crippen LogP contribution in [0.1, 0.15) is 132 Å². The minimum absolute atomic E-state index is 0.0863. The third kappa shape index (κ3) is 28.6. The van der Waals surface area contributed by atoms with Gasteiger partial charge in [-0.05, 0) is 211 Å². The number of anilines is 2. The Morgan fingerprint density at radius 3 is 1.55 bits per heavy atom. The van der Waals surface area contributed by atoms with E-state index < -0.39 is 11.2 Å². The van der Waals surface area contributed by atoms with Gasteiger partial charge in [0, 0.05) is 102 Å². The van der Waals surface area contributed by atoms with Crippen LogP contribution in [0.3, 0.4) is 0 Å². The average Bonchev–Trinajstić information content (AvgIpc) is 1.23. The fourth-order valence-corrected chi connectivity index (χ4v) is 11.0. The van der Waals surface area contributed by atoms with E-state index in [1.165, 1.54) is 62.1 Å². The molecule has 1 amide bonds. The number of rotatable bonds is 21. The summed E-state index contributed by atoms with van der Waals surface area (Å²) in [5, 5.41) is 47.8. The van der Waals surface area contributed by atoms with Gasteiger partial charge in [0.15, 0.2) is 29.1 Å². The largest absolute Gasteiger partial charge is 0.382 e. The van der Waals surface area contributed by atoms with Crippen LogP contribution in [0, 0.1) is 36.0 Å². The third-order valence-corrected chi connectivity index (χ3v) is 18.3. The number of benzene rings is 7. The first kappa shape index (κ1) is 82.5. The predicted molar refractivity (Wildman–Crippen MR) is 401 cm³/mol. The summed E-state index contributed by atoms with van der Waals surface area (Å²) in [5.74, 6) is -0.387. The smallest absolute Gasteiger partial charge is 0.251 e. The first-order chi connectivity index (χ1) is 48.5. The molecule has 5 aliphatic rings. The van der Waals surface area contributed by atoms with Crippen molar-refractivity contribution in [3.05, 3.63) is 206 Å². The standard InChI is InChI=1S/C21H20FN3O2.C11H14BrFN2O.C10H9BrN2O.C8H8BrClFNO.C8H9BrFNO.C7H4BrFO.C4H10O.C3H7N/c1-11-17(8-13(9-18(11)22)21(26)24-15-5-6-15)12-2-7-16-19(10-12)27-25-20(16)23-14-3-4-14;12-7-1-4-9(10(13)5-7)11(6-14-16)15-8-2-3-8;11-6-1-4-8-9(5-6)14-13-10(8)12-7-2-3-7;9-5-1-2-6(8(11)3-5)7(10)4-12-13;9-7-2-1-6(3-4-11-12)8(10)5-7;8-6-2-1-5(4-10)7(9)3-6;1-3-5-4-2;4-3-1-2-3/h2,7-10,14-15H,3-6H2,1H3,(H,23,25)(H,24,26);1,4-5,8,11,14-16H,2-3,6H2;1,4-5,7H,2-3H2,(H,12,13);1-3,7,12-13H,4H2;1-2,5,11-12H,3-4H2;1-4H;3-4H2,1-2H3;3H,1-2,4H2. The minimum atomic E-state index is -0.571.